The number of aliphatic hydroxyl groups excluding tert-OH is 1. The molecule has 0 amide bonds. The summed E-state index contributed by atoms with van der Waals surface area (Å²) in [4.78, 5) is 4.52. The molecular weight excluding hydrogens is 289 g/mol. The number of ether oxygens (including phenoxy) is 1. The molecule has 0 aliphatic rings. The normalized spacial score (nSPS) is 13.2. The lowest BCUT2D eigenvalue weighted by Gasteiger charge is -2.14. The summed E-state index contributed by atoms with van der Waals surface area (Å²) in [5.41, 5.74) is 1.31. The summed E-state index contributed by atoms with van der Waals surface area (Å²) in [5, 5.41) is 12.3. The van der Waals surface area contributed by atoms with Gasteiger partial charge in [-0.1, -0.05) is 20.8 Å². The number of hydrogen-bond donors (Lipinski definition) is 1. The van der Waals surface area contributed by atoms with Crippen molar-refractivity contribution in [3.63, 3.8) is 0 Å². The molecule has 2 rings (SSSR count). The molecule has 0 saturated carbocycles. The van der Waals surface area contributed by atoms with Gasteiger partial charge in [0.15, 0.2) is 0 Å². The Kier molecular flexibility index (Phi) is 4.64. The molecule has 1 heterocycles. The maximum atomic E-state index is 13.7. The molecule has 1 N–H and O–H groups in total. The Labute approximate surface area is 128 Å². The monoisotopic (exact) mass is 309 g/mol. The number of hydrogen-bond acceptors (Lipinski definition) is 4. The quantitative estimate of drug-likeness (QED) is 0.920. The average molecular weight is 309 g/mol. The summed E-state index contributed by atoms with van der Waals surface area (Å²) in [6, 6.07) is 4.49. The number of benzene rings is 1. The topological polar surface area (TPSA) is 42.4 Å². The van der Waals surface area contributed by atoms with E-state index in [1.165, 1.54) is 30.4 Å². The van der Waals surface area contributed by atoms with Gasteiger partial charge < -0.3 is 9.84 Å². The standard InChI is InChI=1S/C16H20FNO2S/c1-10(19)12-6-5-11(7-13(12)17)20-8-15-18-14(9-21-15)16(2,3)4/h5-7,9-10,19H,8H2,1-4H3. The number of nitrogens with zero attached hydrogens (tertiary/aromatic N) is 1. The van der Waals surface area contributed by atoms with Gasteiger partial charge >= 0.3 is 0 Å². The zero-order valence-electron chi connectivity index (χ0n) is 12.7. The van der Waals surface area contributed by atoms with Gasteiger partial charge in [0.1, 0.15) is 23.2 Å². The molecule has 0 saturated heterocycles. The predicted octanol–water partition coefficient (Wildman–Crippen LogP) is 4.21. The maximum absolute atomic E-state index is 13.7. The van der Waals surface area contributed by atoms with Crippen molar-refractivity contribution >= 4 is 11.3 Å². The fourth-order valence-electron chi connectivity index (χ4n) is 1.80. The Balaban J connectivity index is 2.03. The third kappa shape index (κ3) is 4.02. The SMILES string of the molecule is CC(O)c1ccc(OCc2nc(C(C)(C)C)cs2)cc1F. The highest BCUT2D eigenvalue weighted by Crippen LogP contribution is 2.26. The second-order valence-corrected chi connectivity index (χ2v) is 6.97. The fraction of sp³-hybridized carbons (Fsp3) is 0.438. The van der Waals surface area contributed by atoms with E-state index in [2.05, 4.69) is 25.8 Å². The molecule has 1 unspecified atom stereocenters. The van der Waals surface area contributed by atoms with Crippen molar-refractivity contribution in [2.45, 2.75) is 45.8 Å². The molecule has 21 heavy (non-hydrogen) atoms. The second-order valence-electron chi connectivity index (χ2n) is 6.02. The van der Waals surface area contributed by atoms with Gasteiger partial charge in [-0.05, 0) is 19.1 Å². The smallest absolute Gasteiger partial charge is 0.140 e. The van der Waals surface area contributed by atoms with E-state index in [9.17, 15) is 9.50 Å². The lowest BCUT2D eigenvalue weighted by molar-refractivity contribution is 0.194. The van der Waals surface area contributed by atoms with E-state index >= 15 is 0 Å². The van der Waals surface area contributed by atoms with Gasteiger partial charge in [-0.2, -0.15) is 0 Å². The van der Waals surface area contributed by atoms with Crippen LogP contribution in [0.5, 0.6) is 5.75 Å². The van der Waals surface area contributed by atoms with Crippen LogP contribution in [0.25, 0.3) is 0 Å². The van der Waals surface area contributed by atoms with E-state index in [1.807, 2.05) is 5.38 Å². The molecule has 114 valence electrons. The van der Waals surface area contributed by atoms with Gasteiger partial charge in [0.2, 0.25) is 0 Å². The van der Waals surface area contributed by atoms with Crippen LogP contribution in [0.4, 0.5) is 4.39 Å². The van der Waals surface area contributed by atoms with E-state index < -0.39 is 11.9 Å². The van der Waals surface area contributed by atoms with Crippen LogP contribution in [-0.2, 0) is 12.0 Å². The molecule has 0 spiro atoms. The molecule has 5 heteroatoms. The third-order valence-electron chi connectivity index (χ3n) is 3.10. The Bertz CT molecular complexity index is 617. The van der Waals surface area contributed by atoms with E-state index in [0.29, 0.717) is 12.4 Å². The number of aliphatic hydroxyl groups is 1. The van der Waals surface area contributed by atoms with Crippen molar-refractivity contribution in [1.82, 2.24) is 4.98 Å². The maximum Gasteiger partial charge on any atom is 0.140 e. The zero-order chi connectivity index (χ0) is 15.6. The molecule has 0 fully saturated rings. The van der Waals surface area contributed by atoms with Crippen LogP contribution >= 0.6 is 11.3 Å². The molecule has 0 bridgehead atoms. The van der Waals surface area contributed by atoms with E-state index in [-0.39, 0.29) is 11.0 Å². The summed E-state index contributed by atoms with van der Waals surface area (Å²) in [7, 11) is 0. The average Bonchev–Trinajstić information content (AvgIpc) is 2.84. The molecule has 1 aromatic heterocycles. The van der Waals surface area contributed by atoms with Gasteiger partial charge in [0.05, 0.1) is 11.8 Å². The first-order valence-corrected chi connectivity index (χ1v) is 7.70. The largest absolute Gasteiger partial charge is 0.486 e. The summed E-state index contributed by atoms with van der Waals surface area (Å²) in [6.45, 7) is 8.17. The minimum atomic E-state index is -0.827. The third-order valence-corrected chi connectivity index (χ3v) is 3.93. The summed E-state index contributed by atoms with van der Waals surface area (Å²) >= 11 is 1.54. The van der Waals surface area contributed by atoms with Crippen LogP contribution in [0.3, 0.4) is 0 Å². The van der Waals surface area contributed by atoms with Crippen molar-refractivity contribution in [3.05, 3.63) is 45.7 Å². The van der Waals surface area contributed by atoms with Gasteiger partial charge in [0.25, 0.3) is 0 Å². The first-order chi connectivity index (χ1) is 9.77. The number of halogens is 1. The van der Waals surface area contributed by atoms with Crippen molar-refractivity contribution in [1.29, 1.82) is 0 Å². The van der Waals surface area contributed by atoms with E-state index in [4.69, 9.17) is 4.74 Å². The molecule has 1 aromatic carbocycles. The molecular formula is C16H20FNO2S. The molecule has 1 atom stereocenters. The minimum Gasteiger partial charge on any atom is -0.486 e. The fourth-order valence-corrected chi connectivity index (χ4v) is 2.74. The van der Waals surface area contributed by atoms with Gasteiger partial charge in [-0.3, -0.25) is 0 Å². The van der Waals surface area contributed by atoms with Crippen LogP contribution in [0, 0.1) is 5.82 Å². The summed E-state index contributed by atoms with van der Waals surface area (Å²) in [6.07, 6.45) is -0.827. The lowest BCUT2D eigenvalue weighted by Crippen LogP contribution is -2.11. The highest BCUT2D eigenvalue weighted by atomic mass is 32.1. The van der Waals surface area contributed by atoms with E-state index in [1.54, 1.807) is 6.07 Å². The van der Waals surface area contributed by atoms with Crippen molar-refractivity contribution in [2.24, 2.45) is 0 Å². The van der Waals surface area contributed by atoms with Gasteiger partial charge in [0, 0.05) is 22.4 Å². The van der Waals surface area contributed by atoms with Crippen LogP contribution in [0.15, 0.2) is 23.6 Å². The molecule has 3 nitrogen and oxygen atoms in total. The Morgan fingerprint density at radius 3 is 2.62 bits per heavy atom. The number of thiazole rings is 1. The molecule has 0 aliphatic heterocycles. The van der Waals surface area contributed by atoms with Crippen LogP contribution in [0.1, 0.15) is 50.1 Å². The zero-order valence-corrected chi connectivity index (χ0v) is 13.5. The van der Waals surface area contributed by atoms with E-state index in [0.717, 1.165) is 10.7 Å². The Hall–Kier alpha value is -1.46. The Morgan fingerprint density at radius 2 is 2.10 bits per heavy atom. The van der Waals surface area contributed by atoms with Crippen LogP contribution < -0.4 is 4.74 Å². The predicted molar refractivity (Wildman–Crippen MR) is 82.2 cm³/mol. The second kappa shape index (κ2) is 6.12. The van der Waals surface area contributed by atoms with Crippen LogP contribution in [0.2, 0.25) is 0 Å². The number of rotatable bonds is 4. The van der Waals surface area contributed by atoms with Crippen molar-refractivity contribution < 1.29 is 14.2 Å². The van der Waals surface area contributed by atoms with Crippen molar-refractivity contribution in [2.75, 3.05) is 0 Å². The van der Waals surface area contributed by atoms with Gasteiger partial charge in [-0.25, -0.2) is 9.37 Å². The highest BCUT2D eigenvalue weighted by Gasteiger charge is 2.17. The van der Waals surface area contributed by atoms with Crippen molar-refractivity contribution in [3.8, 4) is 5.75 Å². The highest BCUT2D eigenvalue weighted by molar-refractivity contribution is 7.09. The molecule has 0 radical (unpaired) electrons. The minimum absolute atomic E-state index is 0.0137. The van der Waals surface area contributed by atoms with Gasteiger partial charge in [-0.15, -0.1) is 11.3 Å². The Morgan fingerprint density at radius 1 is 1.38 bits per heavy atom. The lowest BCUT2D eigenvalue weighted by atomic mass is 9.93. The molecule has 0 aliphatic carbocycles. The van der Waals surface area contributed by atoms with Crippen LogP contribution in [-0.4, -0.2) is 10.1 Å². The summed E-state index contributed by atoms with van der Waals surface area (Å²) < 4.78 is 19.3. The summed E-state index contributed by atoms with van der Waals surface area (Å²) in [5.74, 6) is -0.0265. The molecule has 2 aromatic rings. The number of aromatic nitrogens is 1. The first-order valence-electron chi connectivity index (χ1n) is 6.82. The first kappa shape index (κ1) is 15.9.